The molecule has 0 aliphatic rings. The summed E-state index contributed by atoms with van der Waals surface area (Å²) in [6.45, 7) is 1.67. The molecule has 0 saturated carbocycles. The van der Waals surface area contributed by atoms with E-state index in [1.54, 1.807) is 24.8 Å². The van der Waals surface area contributed by atoms with E-state index in [9.17, 15) is 4.79 Å². The zero-order valence-corrected chi connectivity index (χ0v) is 16.7. The lowest BCUT2D eigenvalue weighted by molar-refractivity contribution is 0.102. The quantitative estimate of drug-likeness (QED) is 0.443. The minimum Gasteiger partial charge on any atom is -0.494 e. The Balaban J connectivity index is 1.24. The highest BCUT2D eigenvalue weighted by molar-refractivity contribution is 6.04. The van der Waals surface area contributed by atoms with E-state index in [0.29, 0.717) is 12.2 Å². The summed E-state index contributed by atoms with van der Waals surface area (Å²) in [4.78, 5) is 16.1. The van der Waals surface area contributed by atoms with E-state index in [1.807, 2.05) is 47.1 Å². The predicted octanol–water partition coefficient (Wildman–Crippen LogP) is 4.95. The lowest BCUT2D eigenvalue weighted by Gasteiger charge is -2.08. The van der Waals surface area contributed by atoms with Crippen LogP contribution in [0.15, 0.2) is 67.3 Å². The van der Waals surface area contributed by atoms with Gasteiger partial charge in [-0.3, -0.25) is 9.48 Å². The maximum atomic E-state index is 12.1. The maximum Gasteiger partial charge on any atom is 0.255 e. The van der Waals surface area contributed by atoms with Crippen molar-refractivity contribution in [3.8, 4) is 5.75 Å². The van der Waals surface area contributed by atoms with Gasteiger partial charge in [0.05, 0.1) is 6.61 Å². The Hall–Kier alpha value is -3.15. The number of hydrogen-bond acceptors (Lipinski definition) is 4. The second-order valence-electron chi connectivity index (χ2n) is 6.97. The Morgan fingerprint density at radius 2 is 1.62 bits per heavy atom. The Bertz CT molecular complexity index is 833. The molecule has 29 heavy (non-hydrogen) atoms. The third-order valence-electron chi connectivity index (χ3n) is 4.67. The van der Waals surface area contributed by atoms with Gasteiger partial charge < -0.3 is 10.1 Å². The second-order valence-corrected chi connectivity index (χ2v) is 6.97. The van der Waals surface area contributed by atoms with E-state index < -0.39 is 0 Å². The molecule has 0 spiro atoms. The number of aryl methyl sites for hydroxylation is 1. The van der Waals surface area contributed by atoms with Crippen molar-refractivity contribution >= 4 is 11.6 Å². The van der Waals surface area contributed by atoms with Gasteiger partial charge in [0.25, 0.3) is 5.91 Å². The molecule has 0 radical (unpaired) electrons. The minimum atomic E-state index is -0.111. The van der Waals surface area contributed by atoms with Crippen LogP contribution in [0.3, 0.4) is 0 Å². The number of rotatable bonds is 12. The fourth-order valence-electron chi connectivity index (χ4n) is 3.05. The molecule has 0 bridgehead atoms. The van der Waals surface area contributed by atoms with Crippen molar-refractivity contribution in [3.05, 3.63) is 72.8 Å². The molecule has 1 amide bonds. The van der Waals surface area contributed by atoms with E-state index in [1.165, 1.54) is 25.7 Å². The monoisotopic (exact) mass is 392 g/mol. The molecule has 0 unspecified atom stereocenters. The molecule has 3 rings (SSSR count). The van der Waals surface area contributed by atoms with Crippen molar-refractivity contribution in [2.75, 3.05) is 11.9 Å². The normalized spacial score (nSPS) is 10.6. The molecule has 1 heterocycles. The number of unbranched alkanes of at least 4 members (excludes halogenated alkanes) is 5. The van der Waals surface area contributed by atoms with Gasteiger partial charge in [-0.2, -0.15) is 5.10 Å². The zero-order chi connectivity index (χ0) is 20.2. The highest BCUT2D eigenvalue weighted by Crippen LogP contribution is 2.17. The molecule has 2 aromatic carbocycles. The third-order valence-corrected chi connectivity index (χ3v) is 4.67. The predicted molar refractivity (Wildman–Crippen MR) is 114 cm³/mol. The van der Waals surface area contributed by atoms with Crippen LogP contribution in [0, 0.1) is 0 Å². The Kier molecular flexibility index (Phi) is 8.26. The van der Waals surface area contributed by atoms with Crippen molar-refractivity contribution in [2.24, 2.45) is 0 Å². The molecule has 3 aromatic rings. The van der Waals surface area contributed by atoms with E-state index in [2.05, 4.69) is 15.4 Å². The standard InChI is InChI=1S/C23H28N4O2/c28-23(20-10-6-5-7-11-20)26-21-12-14-22(15-13-21)29-17-9-4-2-1-3-8-16-27-19-24-18-25-27/h5-7,10-15,18-19H,1-4,8-9,16-17H2,(H,26,28). The Labute approximate surface area is 171 Å². The van der Waals surface area contributed by atoms with Crippen LogP contribution in [-0.2, 0) is 6.54 Å². The smallest absolute Gasteiger partial charge is 0.255 e. The van der Waals surface area contributed by atoms with Crippen molar-refractivity contribution in [3.63, 3.8) is 0 Å². The van der Waals surface area contributed by atoms with Crippen molar-refractivity contribution in [2.45, 2.75) is 45.1 Å². The lowest BCUT2D eigenvalue weighted by Crippen LogP contribution is -2.11. The van der Waals surface area contributed by atoms with Gasteiger partial charge in [0.1, 0.15) is 18.4 Å². The molecule has 0 fully saturated rings. The maximum absolute atomic E-state index is 12.1. The number of hydrogen-bond donors (Lipinski definition) is 1. The fraction of sp³-hybridized carbons (Fsp3) is 0.348. The van der Waals surface area contributed by atoms with Gasteiger partial charge >= 0.3 is 0 Å². The largest absolute Gasteiger partial charge is 0.494 e. The highest BCUT2D eigenvalue weighted by atomic mass is 16.5. The first-order valence-corrected chi connectivity index (χ1v) is 10.2. The van der Waals surface area contributed by atoms with E-state index in [-0.39, 0.29) is 5.91 Å². The number of nitrogens with zero attached hydrogens (tertiary/aromatic N) is 3. The summed E-state index contributed by atoms with van der Waals surface area (Å²) in [5.41, 5.74) is 1.41. The van der Waals surface area contributed by atoms with Crippen LogP contribution >= 0.6 is 0 Å². The summed E-state index contributed by atoms with van der Waals surface area (Å²) in [7, 11) is 0. The summed E-state index contributed by atoms with van der Waals surface area (Å²) in [6.07, 6.45) is 10.4. The summed E-state index contributed by atoms with van der Waals surface area (Å²) < 4.78 is 7.68. The molecule has 152 valence electrons. The molecule has 6 nitrogen and oxygen atoms in total. The number of carbonyl (C=O) groups is 1. The van der Waals surface area contributed by atoms with Crippen LogP contribution < -0.4 is 10.1 Å². The lowest BCUT2D eigenvalue weighted by atomic mass is 10.1. The first kappa shape index (κ1) is 20.6. The summed E-state index contributed by atoms with van der Waals surface area (Å²) in [6, 6.07) is 16.7. The van der Waals surface area contributed by atoms with E-state index in [0.717, 1.165) is 30.8 Å². The number of benzene rings is 2. The molecule has 6 heteroatoms. The zero-order valence-electron chi connectivity index (χ0n) is 16.7. The Morgan fingerprint density at radius 3 is 2.34 bits per heavy atom. The number of aromatic nitrogens is 3. The van der Waals surface area contributed by atoms with Gasteiger partial charge in [0, 0.05) is 17.8 Å². The first-order valence-electron chi connectivity index (χ1n) is 10.2. The number of carbonyl (C=O) groups excluding carboxylic acids is 1. The van der Waals surface area contributed by atoms with Gasteiger partial charge in [0.15, 0.2) is 0 Å². The average molecular weight is 393 g/mol. The third kappa shape index (κ3) is 7.41. The van der Waals surface area contributed by atoms with Gasteiger partial charge in [0.2, 0.25) is 0 Å². The molecule has 1 N–H and O–H groups in total. The van der Waals surface area contributed by atoms with Crippen molar-refractivity contribution in [1.29, 1.82) is 0 Å². The molecular formula is C23H28N4O2. The highest BCUT2D eigenvalue weighted by Gasteiger charge is 2.05. The van der Waals surface area contributed by atoms with Gasteiger partial charge in [-0.15, -0.1) is 0 Å². The van der Waals surface area contributed by atoms with Crippen LogP contribution in [0.4, 0.5) is 5.69 Å². The van der Waals surface area contributed by atoms with E-state index >= 15 is 0 Å². The van der Waals surface area contributed by atoms with E-state index in [4.69, 9.17) is 4.74 Å². The van der Waals surface area contributed by atoms with Gasteiger partial charge in [-0.25, -0.2) is 4.98 Å². The first-order chi connectivity index (χ1) is 14.3. The summed E-state index contributed by atoms with van der Waals surface area (Å²) in [5.74, 6) is 0.719. The van der Waals surface area contributed by atoms with Crippen LogP contribution in [0.2, 0.25) is 0 Å². The number of amides is 1. The second kappa shape index (κ2) is 11.6. The molecule has 0 saturated heterocycles. The topological polar surface area (TPSA) is 69.0 Å². The average Bonchev–Trinajstić information content (AvgIpc) is 3.28. The van der Waals surface area contributed by atoms with Crippen LogP contribution in [-0.4, -0.2) is 27.3 Å². The molecule has 0 aliphatic heterocycles. The number of ether oxygens (including phenoxy) is 1. The van der Waals surface area contributed by atoms with Crippen LogP contribution in [0.25, 0.3) is 0 Å². The molecule has 0 atom stereocenters. The number of nitrogens with one attached hydrogen (secondary N) is 1. The van der Waals surface area contributed by atoms with Crippen LogP contribution in [0.5, 0.6) is 5.75 Å². The summed E-state index contributed by atoms with van der Waals surface area (Å²) >= 11 is 0. The summed E-state index contributed by atoms with van der Waals surface area (Å²) in [5, 5.41) is 7.00. The SMILES string of the molecule is O=C(Nc1ccc(OCCCCCCCCn2cncn2)cc1)c1ccccc1. The number of anilines is 1. The van der Waals surface area contributed by atoms with Gasteiger partial charge in [-0.1, -0.05) is 43.9 Å². The minimum absolute atomic E-state index is 0.111. The van der Waals surface area contributed by atoms with Crippen molar-refractivity contribution in [1.82, 2.24) is 14.8 Å². The fourth-order valence-corrected chi connectivity index (χ4v) is 3.05. The molecule has 0 aliphatic carbocycles. The molecule has 1 aromatic heterocycles. The van der Waals surface area contributed by atoms with Gasteiger partial charge in [-0.05, 0) is 49.2 Å². The van der Waals surface area contributed by atoms with Crippen LogP contribution in [0.1, 0.15) is 48.9 Å². The Morgan fingerprint density at radius 1 is 0.897 bits per heavy atom. The molecular weight excluding hydrogens is 364 g/mol. The van der Waals surface area contributed by atoms with Crippen molar-refractivity contribution < 1.29 is 9.53 Å².